The fraction of sp³-hybridized carbons (Fsp3) is 0.833. The largest absolute Gasteiger partial charge is 0.465 e. The van der Waals surface area contributed by atoms with Gasteiger partial charge in [-0.25, -0.2) is 0 Å². The Morgan fingerprint density at radius 3 is 2.54 bits per heavy atom. The number of esters is 2. The summed E-state index contributed by atoms with van der Waals surface area (Å²) in [6, 6.07) is 0. The van der Waals surface area contributed by atoms with Gasteiger partial charge in [-0.3, -0.25) is 9.59 Å². The second-order valence-electron chi connectivity index (χ2n) is 10.8. The Balaban J connectivity index is 1.74. The zero-order valence-corrected chi connectivity index (χ0v) is 18.0. The summed E-state index contributed by atoms with van der Waals surface area (Å²) in [5.41, 5.74) is 1.60. The SMILES string of the molecule is C=C1CC23CC1CCC2C1(C)CCCC(C)(COC(C)=O)C1CC3OC(C)=O. The zero-order chi connectivity index (χ0) is 20.3. The van der Waals surface area contributed by atoms with E-state index in [-0.39, 0.29) is 34.3 Å². The van der Waals surface area contributed by atoms with Crippen molar-refractivity contribution in [2.75, 3.05) is 6.61 Å². The number of rotatable bonds is 3. The lowest BCUT2D eigenvalue weighted by Crippen LogP contribution is -2.62. The quantitative estimate of drug-likeness (QED) is 0.501. The molecular weight excluding hydrogens is 352 g/mol. The van der Waals surface area contributed by atoms with Crippen LogP contribution in [0.5, 0.6) is 0 Å². The van der Waals surface area contributed by atoms with Crippen LogP contribution in [-0.2, 0) is 19.1 Å². The lowest BCUT2D eigenvalue weighted by molar-refractivity contribution is -0.220. The third-order valence-corrected chi connectivity index (χ3v) is 9.16. The van der Waals surface area contributed by atoms with Crippen LogP contribution in [0.1, 0.15) is 79.1 Å². The van der Waals surface area contributed by atoms with Gasteiger partial charge in [-0.05, 0) is 68.1 Å². The summed E-state index contributed by atoms with van der Waals surface area (Å²) < 4.78 is 11.6. The number of carbonyl (C=O) groups is 2. The maximum atomic E-state index is 12.0. The smallest absolute Gasteiger partial charge is 0.302 e. The molecule has 4 rings (SSSR count). The predicted octanol–water partition coefficient (Wildman–Crippen LogP) is 5.06. The summed E-state index contributed by atoms with van der Waals surface area (Å²) in [6.07, 6.45) is 8.92. The molecule has 4 heteroatoms. The topological polar surface area (TPSA) is 52.6 Å². The van der Waals surface area contributed by atoms with Crippen molar-refractivity contribution in [2.24, 2.45) is 34.0 Å². The molecule has 7 atom stereocenters. The van der Waals surface area contributed by atoms with Gasteiger partial charge in [0.2, 0.25) is 0 Å². The molecule has 4 aliphatic carbocycles. The van der Waals surface area contributed by atoms with Gasteiger partial charge in [0.05, 0.1) is 6.61 Å². The Hall–Kier alpha value is -1.32. The van der Waals surface area contributed by atoms with Gasteiger partial charge in [0.25, 0.3) is 0 Å². The van der Waals surface area contributed by atoms with Gasteiger partial charge in [-0.2, -0.15) is 0 Å². The average molecular weight is 389 g/mol. The van der Waals surface area contributed by atoms with Crippen molar-refractivity contribution in [1.29, 1.82) is 0 Å². The van der Waals surface area contributed by atoms with Crippen LogP contribution in [0.15, 0.2) is 12.2 Å². The minimum absolute atomic E-state index is 0.0371. The fourth-order valence-corrected chi connectivity index (χ4v) is 8.17. The van der Waals surface area contributed by atoms with Crippen LogP contribution < -0.4 is 0 Å². The second kappa shape index (κ2) is 6.60. The molecule has 4 fully saturated rings. The van der Waals surface area contributed by atoms with E-state index < -0.39 is 0 Å². The van der Waals surface area contributed by atoms with Crippen LogP contribution in [0.25, 0.3) is 0 Å². The van der Waals surface area contributed by atoms with E-state index >= 15 is 0 Å². The first-order chi connectivity index (χ1) is 13.1. The van der Waals surface area contributed by atoms with Crippen molar-refractivity contribution >= 4 is 11.9 Å². The molecule has 28 heavy (non-hydrogen) atoms. The minimum Gasteiger partial charge on any atom is -0.465 e. The molecule has 4 saturated carbocycles. The summed E-state index contributed by atoms with van der Waals surface area (Å²) in [5.74, 6) is 1.18. The molecule has 0 N–H and O–H groups in total. The highest BCUT2D eigenvalue weighted by molar-refractivity contribution is 5.66. The fourth-order valence-electron chi connectivity index (χ4n) is 8.17. The van der Waals surface area contributed by atoms with Crippen LogP contribution in [0.3, 0.4) is 0 Å². The predicted molar refractivity (Wildman–Crippen MR) is 107 cm³/mol. The normalized spacial score (nSPS) is 47.1. The van der Waals surface area contributed by atoms with E-state index in [1.807, 2.05) is 0 Å². The van der Waals surface area contributed by atoms with Crippen LogP contribution in [0.2, 0.25) is 0 Å². The van der Waals surface area contributed by atoms with Crippen LogP contribution in [-0.4, -0.2) is 24.6 Å². The molecule has 0 aromatic rings. The van der Waals surface area contributed by atoms with Crippen molar-refractivity contribution in [3.8, 4) is 0 Å². The number of hydrogen-bond donors (Lipinski definition) is 0. The summed E-state index contributed by atoms with van der Waals surface area (Å²) >= 11 is 0. The Morgan fingerprint density at radius 2 is 1.86 bits per heavy atom. The number of hydrogen-bond acceptors (Lipinski definition) is 4. The maximum absolute atomic E-state index is 12.0. The third-order valence-electron chi connectivity index (χ3n) is 9.16. The molecule has 1 spiro atoms. The van der Waals surface area contributed by atoms with Crippen molar-refractivity contribution in [2.45, 2.75) is 85.2 Å². The lowest BCUT2D eigenvalue weighted by atomic mass is 9.40. The first kappa shape index (κ1) is 20.0. The lowest BCUT2D eigenvalue weighted by Gasteiger charge is -2.65. The third kappa shape index (κ3) is 2.85. The van der Waals surface area contributed by atoms with Gasteiger partial charge in [0.1, 0.15) is 6.10 Å². The number of carbonyl (C=O) groups excluding carboxylic acids is 2. The van der Waals surface area contributed by atoms with Gasteiger partial charge in [0.15, 0.2) is 0 Å². The first-order valence-electron chi connectivity index (χ1n) is 11.1. The molecular formula is C24H36O4. The van der Waals surface area contributed by atoms with Crippen molar-refractivity contribution < 1.29 is 19.1 Å². The molecule has 0 aliphatic heterocycles. The molecule has 0 heterocycles. The molecule has 2 bridgehead atoms. The van der Waals surface area contributed by atoms with E-state index in [1.54, 1.807) is 6.92 Å². The molecule has 4 aliphatic rings. The molecule has 0 amide bonds. The summed E-state index contributed by atoms with van der Waals surface area (Å²) in [5, 5.41) is 0. The molecule has 7 unspecified atom stereocenters. The molecule has 0 aromatic heterocycles. The second-order valence-corrected chi connectivity index (χ2v) is 10.8. The molecule has 0 aromatic carbocycles. The van der Waals surface area contributed by atoms with Crippen LogP contribution in [0, 0.1) is 34.0 Å². The van der Waals surface area contributed by atoms with E-state index in [2.05, 4.69) is 20.4 Å². The molecule has 0 saturated heterocycles. The highest BCUT2D eigenvalue weighted by Crippen LogP contribution is 2.72. The van der Waals surface area contributed by atoms with Gasteiger partial charge in [-0.15, -0.1) is 0 Å². The minimum atomic E-state index is -0.204. The van der Waals surface area contributed by atoms with Crippen molar-refractivity contribution in [3.63, 3.8) is 0 Å². The van der Waals surface area contributed by atoms with Crippen LogP contribution >= 0.6 is 0 Å². The standard InChI is InChI=1S/C24H36O4/c1-15-12-24-13-18(15)7-8-19(24)23(5)10-6-9-22(4,14-27-16(2)25)20(23)11-21(24)28-17(3)26/h18-21H,1,6-14H2,2-5H3. The van der Waals surface area contributed by atoms with Crippen molar-refractivity contribution in [1.82, 2.24) is 0 Å². The Labute approximate surface area is 169 Å². The number of fused-ring (bicyclic) bond motifs is 3. The van der Waals surface area contributed by atoms with Gasteiger partial charge in [-0.1, -0.05) is 32.4 Å². The van der Waals surface area contributed by atoms with E-state index in [1.165, 1.54) is 38.2 Å². The Kier molecular flexibility index (Phi) is 4.71. The Bertz CT molecular complexity index is 699. The highest BCUT2D eigenvalue weighted by Gasteiger charge is 2.68. The monoisotopic (exact) mass is 388 g/mol. The van der Waals surface area contributed by atoms with Crippen LogP contribution in [0.4, 0.5) is 0 Å². The summed E-state index contributed by atoms with van der Waals surface area (Å²) in [7, 11) is 0. The highest BCUT2D eigenvalue weighted by atomic mass is 16.5. The van der Waals surface area contributed by atoms with E-state index in [9.17, 15) is 9.59 Å². The van der Waals surface area contributed by atoms with Gasteiger partial charge < -0.3 is 9.47 Å². The first-order valence-corrected chi connectivity index (χ1v) is 11.1. The zero-order valence-electron chi connectivity index (χ0n) is 18.0. The van der Waals surface area contributed by atoms with Crippen molar-refractivity contribution in [3.05, 3.63) is 12.2 Å². The van der Waals surface area contributed by atoms with Gasteiger partial charge in [0, 0.05) is 24.7 Å². The number of allylic oxidation sites excluding steroid dienone is 1. The molecule has 156 valence electrons. The van der Waals surface area contributed by atoms with E-state index in [0.29, 0.717) is 24.4 Å². The van der Waals surface area contributed by atoms with E-state index in [4.69, 9.17) is 9.47 Å². The van der Waals surface area contributed by atoms with E-state index in [0.717, 1.165) is 25.7 Å². The molecule has 4 nitrogen and oxygen atoms in total. The van der Waals surface area contributed by atoms with Gasteiger partial charge >= 0.3 is 11.9 Å². The summed E-state index contributed by atoms with van der Waals surface area (Å²) in [6.45, 7) is 12.7. The molecule has 0 radical (unpaired) electrons. The number of ether oxygens (including phenoxy) is 2. The summed E-state index contributed by atoms with van der Waals surface area (Å²) in [4.78, 5) is 23.6. The Morgan fingerprint density at radius 1 is 1.11 bits per heavy atom. The average Bonchev–Trinajstić information content (AvgIpc) is 2.85. The maximum Gasteiger partial charge on any atom is 0.302 e.